The molecule has 2 rings (SSSR count). The molecule has 0 bridgehead atoms. The minimum Gasteiger partial charge on any atom is -0.362 e. The number of ether oxygens (including phenoxy) is 1. The van der Waals surface area contributed by atoms with Crippen molar-refractivity contribution in [2.45, 2.75) is 13.2 Å². The fraction of sp³-hybridized carbons (Fsp3) is 0.300. The molecule has 0 amide bonds. The molecule has 1 heterocycles. The highest BCUT2D eigenvalue weighted by Gasteiger charge is 2.06. The van der Waals surface area contributed by atoms with Gasteiger partial charge in [-0.05, 0) is 19.1 Å². The third-order valence-corrected chi connectivity index (χ3v) is 2.21. The largest absolute Gasteiger partial charge is 0.362 e. The van der Waals surface area contributed by atoms with Gasteiger partial charge in [0, 0.05) is 7.11 Å². The molecule has 0 saturated carbocycles. The van der Waals surface area contributed by atoms with Gasteiger partial charge in [-0.1, -0.05) is 12.1 Å². The third kappa shape index (κ3) is 1.31. The highest BCUT2D eigenvalue weighted by atomic mass is 16.5. The average Bonchev–Trinajstić information content (AvgIpc) is 2.60. The van der Waals surface area contributed by atoms with Crippen LogP contribution in [0.2, 0.25) is 0 Å². The van der Waals surface area contributed by atoms with Gasteiger partial charge in [-0.25, -0.2) is 4.98 Å². The molecule has 1 unspecified atom stereocenters. The maximum absolute atomic E-state index is 5.23. The van der Waals surface area contributed by atoms with Crippen LogP contribution in [0.5, 0.6) is 0 Å². The van der Waals surface area contributed by atoms with Gasteiger partial charge in [-0.3, -0.25) is 0 Å². The lowest BCUT2D eigenvalue weighted by Crippen LogP contribution is -2.04. The fourth-order valence-corrected chi connectivity index (χ4v) is 1.38. The van der Waals surface area contributed by atoms with Crippen LogP contribution in [0.3, 0.4) is 0 Å². The molecule has 0 fully saturated rings. The number of para-hydroxylation sites is 2. The van der Waals surface area contributed by atoms with E-state index in [9.17, 15) is 0 Å². The first-order valence-electron chi connectivity index (χ1n) is 4.27. The lowest BCUT2D eigenvalue weighted by molar-refractivity contribution is 0.0637. The highest BCUT2D eigenvalue weighted by Crippen LogP contribution is 2.16. The van der Waals surface area contributed by atoms with Crippen molar-refractivity contribution in [1.29, 1.82) is 0 Å². The first-order valence-corrected chi connectivity index (χ1v) is 4.27. The number of methoxy groups -OCH3 is 1. The van der Waals surface area contributed by atoms with Crippen molar-refractivity contribution in [2.24, 2.45) is 0 Å². The van der Waals surface area contributed by atoms with E-state index >= 15 is 0 Å². The van der Waals surface area contributed by atoms with Crippen LogP contribution < -0.4 is 0 Å². The zero-order chi connectivity index (χ0) is 9.26. The average molecular weight is 176 g/mol. The molecule has 0 spiro atoms. The van der Waals surface area contributed by atoms with E-state index in [1.807, 2.05) is 35.8 Å². The standard InChI is InChI=1S/C10H12N2O/c1-8(13-2)12-7-11-9-5-3-4-6-10(9)12/h3-8H,1-2H3. The fourth-order valence-electron chi connectivity index (χ4n) is 1.38. The number of benzene rings is 1. The highest BCUT2D eigenvalue weighted by molar-refractivity contribution is 5.74. The van der Waals surface area contributed by atoms with E-state index in [1.54, 1.807) is 13.4 Å². The smallest absolute Gasteiger partial charge is 0.132 e. The summed E-state index contributed by atoms with van der Waals surface area (Å²) in [5.74, 6) is 0. The molecule has 0 N–H and O–H groups in total. The summed E-state index contributed by atoms with van der Waals surface area (Å²) in [6, 6.07) is 8.02. The van der Waals surface area contributed by atoms with E-state index in [-0.39, 0.29) is 6.23 Å². The number of fused-ring (bicyclic) bond motifs is 1. The van der Waals surface area contributed by atoms with Crippen molar-refractivity contribution in [2.75, 3.05) is 7.11 Å². The molecule has 3 heteroatoms. The summed E-state index contributed by atoms with van der Waals surface area (Å²) < 4.78 is 7.23. The van der Waals surface area contributed by atoms with Crippen LogP contribution in [-0.4, -0.2) is 16.7 Å². The van der Waals surface area contributed by atoms with Crippen LogP contribution in [0.1, 0.15) is 13.2 Å². The Morgan fingerprint density at radius 2 is 2.15 bits per heavy atom. The normalized spacial score (nSPS) is 13.4. The molecule has 0 aliphatic rings. The van der Waals surface area contributed by atoms with Crippen molar-refractivity contribution >= 4 is 11.0 Å². The van der Waals surface area contributed by atoms with Crippen LogP contribution in [0.25, 0.3) is 11.0 Å². The van der Waals surface area contributed by atoms with E-state index in [0.29, 0.717) is 0 Å². The van der Waals surface area contributed by atoms with Gasteiger partial charge in [0.1, 0.15) is 6.23 Å². The van der Waals surface area contributed by atoms with Crippen LogP contribution in [0.15, 0.2) is 30.6 Å². The van der Waals surface area contributed by atoms with Gasteiger partial charge >= 0.3 is 0 Å². The maximum atomic E-state index is 5.23. The number of imidazole rings is 1. The van der Waals surface area contributed by atoms with E-state index in [2.05, 4.69) is 4.98 Å². The molecule has 68 valence electrons. The van der Waals surface area contributed by atoms with Crippen molar-refractivity contribution in [3.8, 4) is 0 Å². The third-order valence-electron chi connectivity index (χ3n) is 2.21. The molecular weight excluding hydrogens is 164 g/mol. The summed E-state index contributed by atoms with van der Waals surface area (Å²) in [5.41, 5.74) is 2.11. The van der Waals surface area contributed by atoms with Crippen LogP contribution in [0.4, 0.5) is 0 Å². The van der Waals surface area contributed by atoms with Crippen molar-refractivity contribution in [3.05, 3.63) is 30.6 Å². The van der Waals surface area contributed by atoms with Crippen LogP contribution in [-0.2, 0) is 4.74 Å². The molecule has 1 atom stereocenters. The minimum absolute atomic E-state index is 0.0346. The monoisotopic (exact) mass is 176 g/mol. The molecule has 3 nitrogen and oxygen atoms in total. The molecule has 0 aliphatic heterocycles. The second-order valence-corrected chi connectivity index (χ2v) is 2.98. The first kappa shape index (κ1) is 8.26. The second-order valence-electron chi connectivity index (χ2n) is 2.98. The summed E-state index contributed by atoms with van der Waals surface area (Å²) in [4.78, 5) is 4.27. The number of hydrogen-bond donors (Lipinski definition) is 0. The molecule has 0 saturated heterocycles. The summed E-state index contributed by atoms with van der Waals surface area (Å²) in [6.45, 7) is 1.99. The van der Waals surface area contributed by atoms with Gasteiger partial charge in [0.25, 0.3) is 0 Å². The van der Waals surface area contributed by atoms with E-state index in [1.165, 1.54) is 0 Å². The Balaban J connectivity index is 2.57. The Bertz CT molecular complexity index is 408. The van der Waals surface area contributed by atoms with Gasteiger partial charge in [0.15, 0.2) is 0 Å². The number of rotatable bonds is 2. The van der Waals surface area contributed by atoms with Gasteiger partial charge in [-0.15, -0.1) is 0 Å². The Kier molecular flexibility index (Phi) is 2.02. The summed E-state index contributed by atoms with van der Waals surface area (Å²) in [7, 11) is 1.69. The van der Waals surface area contributed by atoms with Crippen molar-refractivity contribution < 1.29 is 4.74 Å². The van der Waals surface area contributed by atoms with Crippen molar-refractivity contribution in [1.82, 2.24) is 9.55 Å². The number of hydrogen-bond acceptors (Lipinski definition) is 2. The number of aromatic nitrogens is 2. The molecular formula is C10H12N2O. The zero-order valence-corrected chi connectivity index (χ0v) is 7.77. The summed E-state index contributed by atoms with van der Waals surface area (Å²) >= 11 is 0. The van der Waals surface area contributed by atoms with Gasteiger partial charge in [-0.2, -0.15) is 0 Å². The minimum atomic E-state index is 0.0346. The molecule has 13 heavy (non-hydrogen) atoms. The molecule has 1 aromatic heterocycles. The van der Waals surface area contributed by atoms with E-state index in [0.717, 1.165) is 11.0 Å². The number of nitrogens with zero attached hydrogens (tertiary/aromatic N) is 2. The predicted molar refractivity (Wildman–Crippen MR) is 51.5 cm³/mol. The summed E-state index contributed by atoms with van der Waals surface area (Å²) in [6.07, 6.45) is 1.84. The molecule has 0 aliphatic carbocycles. The van der Waals surface area contributed by atoms with Crippen LogP contribution >= 0.6 is 0 Å². The quantitative estimate of drug-likeness (QED) is 0.701. The Hall–Kier alpha value is -1.35. The van der Waals surface area contributed by atoms with Gasteiger partial charge in [0.05, 0.1) is 17.4 Å². The Morgan fingerprint density at radius 3 is 2.92 bits per heavy atom. The maximum Gasteiger partial charge on any atom is 0.132 e. The first-order chi connectivity index (χ1) is 6.33. The predicted octanol–water partition coefficient (Wildman–Crippen LogP) is 2.20. The molecule has 2 aromatic rings. The molecule has 1 aromatic carbocycles. The van der Waals surface area contributed by atoms with Crippen LogP contribution in [0, 0.1) is 0 Å². The lowest BCUT2D eigenvalue weighted by Gasteiger charge is -2.11. The second kappa shape index (κ2) is 3.18. The molecule has 0 radical (unpaired) electrons. The van der Waals surface area contributed by atoms with E-state index in [4.69, 9.17) is 4.74 Å². The SMILES string of the molecule is COC(C)n1cnc2ccccc21. The van der Waals surface area contributed by atoms with E-state index < -0.39 is 0 Å². The van der Waals surface area contributed by atoms with Gasteiger partial charge in [0.2, 0.25) is 0 Å². The van der Waals surface area contributed by atoms with Crippen molar-refractivity contribution in [3.63, 3.8) is 0 Å². The summed E-state index contributed by atoms with van der Waals surface area (Å²) in [5, 5.41) is 0. The Morgan fingerprint density at radius 1 is 1.38 bits per heavy atom. The topological polar surface area (TPSA) is 27.1 Å². The Labute approximate surface area is 77.0 Å². The zero-order valence-electron chi connectivity index (χ0n) is 7.77. The van der Waals surface area contributed by atoms with Gasteiger partial charge < -0.3 is 9.30 Å². The lowest BCUT2D eigenvalue weighted by atomic mass is 10.3.